The number of hydrogen-bond acceptors (Lipinski definition) is 7. The van der Waals surface area contributed by atoms with Gasteiger partial charge in [-0.3, -0.25) is 19.3 Å². The molecule has 180 valence electrons. The average molecular weight is 479 g/mol. The van der Waals surface area contributed by atoms with E-state index in [1.54, 1.807) is 75.3 Å². The number of pyridine rings is 2. The number of amides is 1. The number of imidazole rings is 1. The fourth-order valence-corrected chi connectivity index (χ4v) is 3.39. The monoisotopic (exact) mass is 478 g/mol. The number of nitrogens with zero attached hydrogens (tertiary/aromatic N) is 7. The highest BCUT2D eigenvalue weighted by Gasteiger charge is 2.22. The molecule has 0 atom stereocenters. The van der Waals surface area contributed by atoms with E-state index in [2.05, 4.69) is 44.1 Å². The van der Waals surface area contributed by atoms with Gasteiger partial charge in [0, 0.05) is 46.7 Å². The van der Waals surface area contributed by atoms with Crippen molar-refractivity contribution >= 4 is 18.2 Å². The third-order valence-electron chi connectivity index (χ3n) is 5.49. The molecule has 0 radical (unpaired) electrons. The predicted octanol–water partition coefficient (Wildman–Crippen LogP) is 4.41. The molecule has 3 aromatic rings. The number of aliphatic imine (C=N–C) groups is 1. The molecule has 9 nitrogen and oxygen atoms in total. The molecular formula is C27H26N8O. The van der Waals surface area contributed by atoms with Crippen molar-refractivity contribution in [3.63, 3.8) is 0 Å². The molecule has 0 aliphatic carbocycles. The molecule has 3 heterocycles. The van der Waals surface area contributed by atoms with Crippen LogP contribution in [0.15, 0.2) is 65.6 Å². The summed E-state index contributed by atoms with van der Waals surface area (Å²) in [5, 5.41) is 22.0. The number of carbonyl (C=O) groups excluding carboxylic acids is 1. The molecule has 3 rings (SSSR count). The quantitative estimate of drug-likeness (QED) is 0.395. The van der Waals surface area contributed by atoms with Crippen LogP contribution in [0.1, 0.15) is 60.6 Å². The number of nitrogens with one attached hydrogen (secondary N) is 1. The summed E-state index contributed by atoms with van der Waals surface area (Å²) in [6.45, 7) is 12.5. The smallest absolute Gasteiger partial charge is 0.255 e. The number of hydrogen-bond donors (Lipinski definition) is 1. The van der Waals surface area contributed by atoms with Crippen LogP contribution in [0, 0.1) is 29.6 Å². The normalized spacial score (nSPS) is 12.2. The maximum atomic E-state index is 12.9. The van der Waals surface area contributed by atoms with Crippen LogP contribution in [-0.2, 0) is 5.41 Å². The van der Waals surface area contributed by atoms with Crippen molar-refractivity contribution in [2.45, 2.75) is 40.0 Å². The second-order valence-electron chi connectivity index (χ2n) is 8.73. The molecule has 0 aliphatic rings. The molecule has 0 spiro atoms. The Kier molecular flexibility index (Phi) is 7.56. The van der Waals surface area contributed by atoms with E-state index in [1.807, 2.05) is 6.92 Å². The number of carbonyl (C=O) groups is 1. The van der Waals surface area contributed by atoms with Gasteiger partial charge in [-0.2, -0.15) is 10.5 Å². The lowest BCUT2D eigenvalue weighted by molar-refractivity contribution is 0.0965. The number of rotatable bonds is 7. The Labute approximate surface area is 210 Å². The molecule has 3 aromatic heterocycles. The second-order valence-corrected chi connectivity index (χ2v) is 8.73. The summed E-state index contributed by atoms with van der Waals surface area (Å²) in [4.78, 5) is 29.9. The molecule has 0 aromatic carbocycles. The first kappa shape index (κ1) is 25.7. The Hall–Kier alpha value is -4.89. The first-order valence-corrected chi connectivity index (χ1v) is 11.1. The SMILES string of the molecule is C=N/C(C)=C(\C=C(/C)NC(=O)c1ccnc(C(C)(C)C#N)c1)c1cnc(-n2cnc(C)c2)c(C#N)c1. The summed E-state index contributed by atoms with van der Waals surface area (Å²) < 4.78 is 1.69. The molecular weight excluding hydrogens is 452 g/mol. The highest BCUT2D eigenvalue weighted by molar-refractivity contribution is 5.95. The topological polar surface area (TPSA) is 133 Å². The lowest BCUT2D eigenvalue weighted by Gasteiger charge is -2.15. The van der Waals surface area contributed by atoms with E-state index >= 15 is 0 Å². The minimum absolute atomic E-state index is 0.341. The zero-order valence-corrected chi connectivity index (χ0v) is 20.9. The van der Waals surface area contributed by atoms with Crippen LogP contribution in [0.25, 0.3) is 11.4 Å². The fourth-order valence-electron chi connectivity index (χ4n) is 3.39. The van der Waals surface area contributed by atoms with Gasteiger partial charge in [0.15, 0.2) is 5.82 Å². The Morgan fingerprint density at radius 3 is 2.56 bits per heavy atom. The molecule has 0 unspecified atom stereocenters. The van der Waals surface area contributed by atoms with Crippen molar-refractivity contribution in [1.29, 1.82) is 10.5 Å². The van der Waals surface area contributed by atoms with Gasteiger partial charge in [0.1, 0.15) is 12.4 Å². The molecule has 36 heavy (non-hydrogen) atoms. The van der Waals surface area contributed by atoms with E-state index in [0.717, 1.165) is 5.69 Å². The van der Waals surface area contributed by atoms with Crippen molar-refractivity contribution < 1.29 is 4.79 Å². The maximum absolute atomic E-state index is 12.9. The Morgan fingerprint density at radius 1 is 1.19 bits per heavy atom. The second kappa shape index (κ2) is 10.6. The van der Waals surface area contributed by atoms with Gasteiger partial charge in [-0.15, -0.1) is 0 Å². The maximum Gasteiger partial charge on any atom is 0.255 e. The van der Waals surface area contributed by atoms with E-state index in [4.69, 9.17) is 0 Å². The van der Waals surface area contributed by atoms with Gasteiger partial charge in [0.25, 0.3) is 5.91 Å². The van der Waals surface area contributed by atoms with Crippen molar-refractivity contribution in [2.24, 2.45) is 4.99 Å². The number of aromatic nitrogens is 4. The van der Waals surface area contributed by atoms with E-state index in [1.165, 1.54) is 6.20 Å². The van der Waals surface area contributed by atoms with Crippen LogP contribution < -0.4 is 5.32 Å². The van der Waals surface area contributed by atoms with Gasteiger partial charge < -0.3 is 5.32 Å². The lowest BCUT2D eigenvalue weighted by Crippen LogP contribution is -2.23. The molecule has 9 heteroatoms. The summed E-state index contributed by atoms with van der Waals surface area (Å²) in [5.74, 6) is 0.125. The van der Waals surface area contributed by atoms with Crippen LogP contribution in [0.5, 0.6) is 0 Å². The standard InChI is InChI=1S/C27H26N8O/c1-17(34-26(36)20-7-8-31-24(11-20)27(4,5)15-29)9-23(19(3)30-6)22-10-21(12-28)25(32-13-22)35-14-18(2)33-16-35/h7-11,13-14,16H,6H2,1-5H3,(H,34,36)/b17-9+,23-19+. The van der Waals surface area contributed by atoms with Crippen molar-refractivity contribution in [1.82, 2.24) is 24.8 Å². The molecule has 0 saturated heterocycles. The number of allylic oxidation sites excluding steroid dienone is 4. The van der Waals surface area contributed by atoms with Crippen molar-refractivity contribution in [3.8, 4) is 18.0 Å². The van der Waals surface area contributed by atoms with Gasteiger partial charge in [-0.25, -0.2) is 9.97 Å². The van der Waals surface area contributed by atoms with E-state index in [0.29, 0.717) is 45.2 Å². The summed E-state index contributed by atoms with van der Waals surface area (Å²) in [7, 11) is 0. The third kappa shape index (κ3) is 5.60. The van der Waals surface area contributed by atoms with Gasteiger partial charge in [-0.05, 0) is 65.6 Å². The van der Waals surface area contributed by atoms with Crippen LogP contribution in [0.2, 0.25) is 0 Å². The molecule has 1 N–H and O–H groups in total. The van der Waals surface area contributed by atoms with Crippen molar-refractivity contribution in [3.05, 3.63) is 88.7 Å². The highest BCUT2D eigenvalue weighted by Crippen LogP contribution is 2.25. The molecule has 1 amide bonds. The molecule has 0 bridgehead atoms. The van der Waals surface area contributed by atoms with E-state index < -0.39 is 5.41 Å². The van der Waals surface area contributed by atoms with Crippen LogP contribution in [-0.4, -0.2) is 32.1 Å². The van der Waals surface area contributed by atoms with Crippen LogP contribution >= 0.6 is 0 Å². The van der Waals surface area contributed by atoms with Gasteiger partial charge >= 0.3 is 0 Å². The third-order valence-corrected chi connectivity index (χ3v) is 5.49. The largest absolute Gasteiger partial charge is 0.326 e. The number of nitriles is 2. The Morgan fingerprint density at radius 2 is 1.94 bits per heavy atom. The highest BCUT2D eigenvalue weighted by atomic mass is 16.1. The van der Waals surface area contributed by atoms with E-state index in [9.17, 15) is 15.3 Å². The lowest BCUT2D eigenvalue weighted by atomic mass is 9.90. The predicted molar refractivity (Wildman–Crippen MR) is 137 cm³/mol. The molecule has 0 aliphatic heterocycles. The summed E-state index contributed by atoms with van der Waals surface area (Å²) in [6, 6.07) is 9.29. The summed E-state index contributed by atoms with van der Waals surface area (Å²) in [5.41, 5.74) is 3.68. The van der Waals surface area contributed by atoms with Gasteiger partial charge in [0.2, 0.25) is 0 Å². The Bertz CT molecular complexity index is 1480. The average Bonchev–Trinajstić information content (AvgIpc) is 3.32. The summed E-state index contributed by atoms with van der Waals surface area (Å²) in [6.07, 6.45) is 8.30. The molecule has 0 fully saturated rings. The first-order chi connectivity index (χ1) is 17.1. The van der Waals surface area contributed by atoms with Crippen molar-refractivity contribution in [2.75, 3.05) is 0 Å². The van der Waals surface area contributed by atoms with Crippen LogP contribution in [0.3, 0.4) is 0 Å². The van der Waals surface area contributed by atoms with Gasteiger partial charge in [-0.1, -0.05) is 0 Å². The first-order valence-electron chi connectivity index (χ1n) is 11.1. The summed E-state index contributed by atoms with van der Waals surface area (Å²) >= 11 is 0. The molecule has 0 saturated carbocycles. The minimum Gasteiger partial charge on any atom is -0.326 e. The minimum atomic E-state index is -0.823. The fraction of sp³-hybridized carbons (Fsp3) is 0.222. The Balaban J connectivity index is 1.94. The van der Waals surface area contributed by atoms with Crippen LogP contribution in [0.4, 0.5) is 0 Å². The zero-order chi connectivity index (χ0) is 26.5. The zero-order valence-electron chi connectivity index (χ0n) is 20.9. The number of aryl methyl sites for hydroxylation is 1. The van der Waals surface area contributed by atoms with Gasteiger partial charge in [0.05, 0.1) is 28.4 Å². The van der Waals surface area contributed by atoms with E-state index in [-0.39, 0.29) is 5.91 Å².